The summed E-state index contributed by atoms with van der Waals surface area (Å²) in [7, 11) is -3.09. The van der Waals surface area contributed by atoms with E-state index in [9.17, 15) is 22.2 Å². The Balaban J connectivity index is 2.04. The van der Waals surface area contributed by atoms with Crippen LogP contribution in [0.25, 0.3) is 0 Å². The van der Waals surface area contributed by atoms with E-state index in [1.165, 1.54) is 12.1 Å². The molecule has 0 unspecified atom stereocenters. The van der Waals surface area contributed by atoms with E-state index in [1.54, 1.807) is 13.8 Å². The van der Waals surface area contributed by atoms with Crippen molar-refractivity contribution < 1.29 is 22.2 Å². The minimum absolute atomic E-state index is 0.268. The summed E-state index contributed by atoms with van der Waals surface area (Å²) < 4.78 is 48.2. The third-order valence-corrected chi connectivity index (χ3v) is 4.02. The normalized spacial score (nSPS) is 12.7. The first-order valence-electron chi connectivity index (χ1n) is 6.36. The van der Waals surface area contributed by atoms with Gasteiger partial charge >= 0.3 is 11.5 Å². The average molecular weight is 346 g/mol. The lowest BCUT2D eigenvalue weighted by atomic mass is 10.3. The van der Waals surface area contributed by atoms with Crippen LogP contribution in [-0.2, 0) is 10.8 Å². The van der Waals surface area contributed by atoms with Gasteiger partial charge in [-0.1, -0.05) is 0 Å². The number of anilines is 2. The molecule has 6 nitrogen and oxygen atoms in total. The fourth-order valence-corrected chi connectivity index (χ4v) is 2.46. The lowest BCUT2D eigenvalue weighted by Crippen LogP contribution is -2.20. The van der Waals surface area contributed by atoms with Crippen LogP contribution in [0.15, 0.2) is 29.2 Å². The van der Waals surface area contributed by atoms with Gasteiger partial charge in [-0.3, -0.25) is 5.10 Å². The van der Waals surface area contributed by atoms with Crippen LogP contribution < -0.4 is 10.6 Å². The minimum atomic E-state index is -4.82. The highest BCUT2D eigenvalue weighted by Crippen LogP contribution is 2.27. The smallest absolute Gasteiger partial charge is 0.308 e. The number of H-pyrrole nitrogens is 1. The Kier molecular flexibility index (Phi) is 4.73. The predicted octanol–water partition coefficient (Wildman–Crippen LogP) is 3.30. The number of aromatic amines is 1. The van der Waals surface area contributed by atoms with Crippen LogP contribution in [0, 0.1) is 13.8 Å². The van der Waals surface area contributed by atoms with Gasteiger partial charge in [0.15, 0.2) is 10.8 Å². The van der Waals surface area contributed by atoms with Crippen LogP contribution in [0.1, 0.15) is 11.4 Å². The molecule has 0 aliphatic rings. The maximum Gasteiger partial charge on any atom is 0.475 e. The number of aryl methyl sites for hydroxylation is 2. The SMILES string of the molecule is Cc1n[nH]c(C)c1NC(=O)Nc1ccc([S@@](=O)C(F)(F)F)cc1. The molecule has 0 fully saturated rings. The second-order valence-electron chi connectivity index (χ2n) is 4.63. The van der Waals surface area contributed by atoms with Gasteiger partial charge in [-0.2, -0.15) is 18.3 Å². The fourth-order valence-electron chi connectivity index (χ4n) is 1.81. The van der Waals surface area contributed by atoms with Crippen molar-refractivity contribution >= 4 is 28.2 Å². The molecule has 1 aromatic heterocycles. The van der Waals surface area contributed by atoms with Crippen LogP contribution in [0.4, 0.5) is 29.3 Å². The minimum Gasteiger partial charge on any atom is -0.308 e. The summed E-state index contributed by atoms with van der Waals surface area (Å²) in [5, 5.41) is 11.7. The van der Waals surface area contributed by atoms with Crippen molar-refractivity contribution in [1.82, 2.24) is 10.2 Å². The molecule has 2 amide bonds. The predicted molar refractivity (Wildman–Crippen MR) is 79.6 cm³/mol. The standard InChI is InChI=1S/C13H13F3N4O2S/c1-7-11(8(2)20-19-7)18-12(21)17-9-3-5-10(6-4-9)23(22)13(14,15)16/h3-6H,1-2H3,(H,19,20)(H2,17,18,21)/t23-/m1/s1. The Morgan fingerprint density at radius 1 is 1.17 bits per heavy atom. The van der Waals surface area contributed by atoms with E-state index in [0.717, 1.165) is 12.1 Å². The van der Waals surface area contributed by atoms with Gasteiger partial charge in [0.2, 0.25) is 0 Å². The number of nitrogens with zero attached hydrogens (tertiary/aromatic N) is 1. The summed E-state index contributed by atoms with van der Waals surface area (Å²) in [4.78, 5) is 11.5. The number of nitrogens with one attached hydrogen (secondary N) is 3. The maximum atomic E-state index is 12.3. The molecular weight excluding hydrogens is 333 g/mol. The van der Waals surface area contributed by atoms with E-state index in [1.807, 2.05) is 0 Å². The number of benzene rings is 1. The van der Waals surface area contributed by atoms with E-state index < -0.39 is 22.3 Å². The number of rotatable bonds is 3. The summed E-state index contributed by atoms with van der Waals surface area (Å²) in [6, 6.07) is 4.02. The molecule has 0 aliphatic heterocycles. The largest absolute Gasteiger partial charge is 0.475 e. The third kappa shape index (κ3) is 4.09. The number of hydrogen-bond donors (Lipinski definition) is 3. The first kappa shape index (κ1) is 17.0. The number of halogens is 3. The number of urea groups is 1. The van der Waals surface area contributed by atoms with Crippen LogP contribution in [0.3, 0.4) is 0 Å². The summed E-state index contributed by atoms with van der Waals surface area (Å²) in [6.07, 6.45) is 0. The molecule has 23 heavy (non-hydrogen) atoms. The second-order valence-corrected chi connectivity index (χ2v) is 6.10. The zero-order valence-electron chi connectivity index (χ0n) is 12.1. The molecule has 0 saturated heterocycles. The van der Waals surface area contributed by atoms with Gasteiger partial charge in [0.05, 0.1) is 17.1 Å². The number of carbonyl (C=O) groups excluding carboxylic acids is 1. The van der Waals surface area contributed by atoms with Crippen molar-refractivity contribution in [3.8, 4) is 0 Å². The van der Waals surface area contributed by atoms with Crippen LogP contribution >= 0.6 is 0 Å². The highest BCUT2D eigenvalue weighted by molar-refractivity contribution is 7.86. The molecule has 10 heteroatoms. The molecule has 124 valence electrons. The summed E-state index contributed by atoms with van der Waals surface area (Å²) in [6.45, 7) is 3.44. The van der Waals surface area contributed by atoms with Crippen LogP contribution in [0.5, 0.6) is 0 Å². The zero-order chi connectivity index (χ0) is 17.2. The highest BCUT2D eigenvalue weighted by Gasteiger charge is 2.37. The van der Waals surface area contributed by atoms with E-state index in [2.05, 4.69) is 20.8 Å². The molecule has 1 atom stereocenters. The molecule has 0 spiro atoms. The van der Waals surface area contributed by atoms with Crippen LogP contribution in [0.2, 0.25) is 0 Å². The molecule has 1 aromatic carbocycles. The van der Waals surface area contributed by atoms with Gasteiger partial charge in [-0.25, -0.2) is 9.00 Å². The first-order chi connectivity index (χ1) is 10.7. The molecular formula is C13H13F3N4O2S. The molecule has 2 rings (SSSR count). The van der Waals surface area contributed by atoms with E-state index >= 15 is 0 Å². The summed E-state index contributed by atoms with van der Waals surface area (Å²) >= 11 is 0. The van der Waals surface area contributed by atoms with Gasteiger partial charge in [0.25, 0.3) is 0 Å². The molecule has 0 saturated carbocycles. The van der Waals surface area contributed by atoms with Crippen molar-refractivity contribution in [3.05, 3.63) is 35.7 Å². The molecule has 3 N–H and O–H groups in total. The van der Waals surface area contributed by atoms with Gasteiger partial charge in [-0.15, -0.1) is 0 Å². The fraction of sp³-hybridized carbons (Fsp3) is 0.231. The van der Waals surface area contributed by atoms with Gasteiger partial charge in [-0.05, 0) is 38.1 Å². The van der Waals surface area contributed by atoms with Crippen molar-refractivity contribution in [2.24, 2.45) is 0 Å². The summed E-state index contributed by atoms with van der Waals surface area (Å²) in [5.41, 5.74) is -2.74. The van der Waals surface area contributed by atoms with E-state index in [4.69, 9.17) is 0 Å². The number of hydrogen-bond acceptors (Lipinski definition) is 3. The number of amides is 2. The number of alkyl halides is 3. The quantitative estimate of drug-likeness (QED) is 0.797. The second kappa shape index (κ2) is 6.41. The van der Waals surface area contributed by atoms with Gasteiger partial charge < -0.3 is 10.6 Å². The van der Waals surface area contributed by atoms with Crippen LogP contribution in [-0.4, -0.2) is 25.9 Å². The Hall–Kier alpha value is -2.36. The zero-order valence-corrected chi connectivity index (χ0v) is 12.9. The monoisotopic (exact) mass is 346 g/mol. The third-order valence-electron chi connectivity index (χ3n) is 2.90. The number of carbonyl (C=O) groups is 1. The Labute approximate surface area is 131 Å². The number of aromatic nitrogens is 2. The topological polar surface area (TPSA) is 86.9 Å². The Morgan fingerprint density at radius 3 is 2.26 bits per heavy atom. The Bertz CT molecular complexity index is 721. The van der Waals surface area contributed by atoms with E-state index in [-0.39, 0.29) is 10.6 Å². The molecule has 0 aliphatic carbocycles. The molecule has 0 bridgehead atoms. The lowest BCUT2D eigenvalue weighted by Gasteiger charge is -2.09. The van der Waals surface area contributed by atoms with Crippen molar-refractivity contribution in [3.63, 3.8) is 0 Å². The van der Waals surface area contributed by atoms with E-state index in [0.29, 0.717) is 17.1 Å². The van der Waals surface area contributed by atoms with Gasteiger partial charge in [0.1, 0.15) is 0 Å². The average Bonchev–Trinajstić information content (AvgIpc) is 2.78. The van der Waals surface area contributed by atoms with Crippen molar-refractivity contribution in [2.75, 3.05) is 10.6 Å². The Morgan fingerprint density at radius 2 is 1.78 bits per heavy atom. The lowest BCUT2D eigenvalue weighted by molar-refractivity contribution is -0.0384. The summed E-state index contributed by atoms with van der Waals surface area (Å²) in [5.74, 6) is 0. The molecule has 2 aromatic rings. The molecule has 1 heterocycles. The van der Waals surface area contributed by atoms with Gasteiger partial charge in [0, 0.05) is 10.6 Å². The maximum absolute atomic E-state index is 12.3. The highest BCUT2D eigenvalue weighted by atomic mass is 32.2. The van der Waals surface area contributed by atoms with Crippen molar-refractivity contribution in [1.29, 1.82) is 0 Å². The first-order valence-corrected chi connectivity index (χ1v) is 7.51. The van der Waals surface area contributed by atoms with Crippen molar-refractivity contribution in [2.45, 2.75) is 24.3 Å². The molecule has 0 radical (unpaired) electrons.